The van der Waals surface area contributed by atoms with E-state index in [1.54, 1.807) is 0 Å². The minimum atomic E-state index is -0.0368. The third kappa shape index (κ3) is 2.86. The molecule has 64 valence electrons. The second-order valence-corrected chi connectivity index (χ2v) is 2.67. The minimum Gasteiger partial charge on any atom is -0.329 e. The topological polar surface area (TPSA) is 52.0 Å². The van der Waals surface area contributed by atoms with Gasteiger partial charge in [-0.05, 0) is 5.56 Å². The summed E-state index contributed by atoms with van der Waals surface area (Å²) in [5.41, 5.74) is 12.1. The van der Waals surface area contributed by atoms with Crippen molar-refractivity contribution in [2.45, 2.75) is 6.04 Å². The quantitative estimate of drug-likeness (QED) is 0.696. The Balaban J connectivity index is 2.58. The highest BCUT2D eigenvalue weighted by molar-refractivity contribution is 5.49. The van der Waals surface area contributed by atoms with Gasteiger partial charge in [0.05, 0.1) is 0 Å². The Bertz CT molecular complexity index is 241. The summed E-state index contributed by atoms with van der Waals surface area (Å²) in [4.78, 5) is 0. The van der Waals surface area contributed by atoms with Crippen LogP contribution in [0.3, 0.4) is 0 Å². The van der Waals surface area contributed by atoms with E-state index in [4.69, 9.17) is 11.5 Å². The number of nitrogens with two attached hydrogens (primary N) is 2. The van der Waals surface area contributed by atoms with Crippen molar-refractivity contribution in [1.29, 1.82) is 0 Å². The number of hydrogen-bond acceptors (Lipinski definition) is 2. The molecular formula is C10H14N2. The Labute approximate surface area is 72.9 Å². The van der Waals surface area contributed by atoms with E-state index < -0.39 is 0 Å². The summed E-state index contributed by atoms with van der Waals surface area (Å²) < 4.78 is 0. The lowest BCUT2D eigenvalue weighted by Gasteiger charge is -1.99. The van der Waals surface area contributed by atoms with Crippen LogP contribution in [0.25, 0.3) is 6.08 Å². The van der Waals surface area contributed by atoms with Crippen LogP contribution in [-0.2, 0) is 0 Å². The molecule has 0 fully saturated rings. The molecule has 0 spiro atoms. The first-order valence-corrected chi connectivity index (χ1v) is 4.02. The van der Waals surface area contributed by atoms with Crippen molar-refractivity contribution in [2.24, 2.45) is 11.5 Å². The van der Waals surface area contributed by atoms with Gasteiger partial charge in [0.25, 0.3) is 0 Å². The predicted octanol–water partition coefficient (Wildman–Crippen LogP) is 0.986. The first-order valence-electron chi connectivity index (χ1n) is 4.02. The monoisotopic (exact) mass is 162 g/mol. The average Bonchev–Trinajstić information content (AvgIpc) is 2.16. The van der Waals surface area contributed by atoms with E-state index in [0.29, 0.717) is 6.54 Å². The van der Waals surface area contributed by atoms with Gasteiger partial charge in [-0.15, -0.1) is 0 Å². The van der Waals surface area contributed by atoms with E-state index in [2.05, 4.69) is 0 Å². The zero-order valence-corrected chi connectivity index (χ0v) is 6.98. The zero-order valence-electron chi connectivity index (χ0n) is 6.98. The van der Waals surface area contributed by atoms with Crippen molar-refractivity contribution in [3.8, 4) is 0 Å². The molecule has 1 aromatic rings. The second-order valence-electron chi connectivity index (χ2n) is 2.67. The fourth-order valence-electron chi connectivity index (χ4n) is 0.877. The van der Waals surface area contributed by atoms with Crippen molar-refractivity contribution in [3.63, 3.8) is 0 Å². The van der Waals surface area contributed by atoms with Crippen molar-refractivity contribution in [3.05, 3.63) is 42.0 Å². The standard InChI is InChI=1S/C10H14N2/c11-8-10(12)7-6-9-4-2-1-3-5-9/h1-7,10H,8,11-12H2. The maximum absolute atomic E-state index is 5.61. The summed E-state index contributed by atoms with van der Waals surface area (Å²) in [6.45, 7) is 0.489. The molecule has 1 aromatic carbocycles. The minimum absolute atomic E-state index is 0.0368. The molecule has 2 heteroatoms. The van der Waals surface area contributed by atoms with Gasteiger partial charge in [0.1, 0.15) is 0 Å². The normalized spacial score (nSPS) is 13.5. The fourth-order valence-corrected chi connectivity index (χ4v) is 0.877. The molecule has 1 rings (SSSR count). The molecule has 0 amide bonds. The van der Waals surface area contributed by atoms with Gasteiger partial charge >= 0.3 is 0 Å². The lowest BCUT2D eigenvalue weighted by molar-refractivity contribution is 0.827. The number of hydrogen-bond donors (Lipinski definition) is 2. The highest BCUT2D eigenvalue weighted by atomic mass is 14.7. The summed E-state index contributed by atoms with van der Waals surface area (Å²) in [7, 11) is 0. The van der Waals surface area contributed by atoms with Crippen LogP contribution in [0.4, 0.5) is 0 Å². The molecule has 0 radical (unpaired) electrons. The largest absolute Gasteiger partial charge is 0.329 e. The van der Waals surface area contributed by atoms with Gasteiger partial charge < -0.3 is 11.5 Å². The summed E-state index contributed by atoms with van der Waals surface area (Å²) in [5, 5.41) is 0. The molecule has 0 aliphatic heterocycles. The Kier molecular flexibility index (Phi) is 3.51. The van der Waals surface area contributed by atoms with Crippen LogP contribution in [0, 0.1) is 0 Å². The number of benzene rings is 1. The van der Waals surface area contributed by atoms with Crippen LogP contribution in [0.5, 0.6) is 0 Å². The first kappa shape index (κ1) is 8.97. The van der Waals surface area contributed by atoms with Gasteiger partial charge in [0.2, 0.25) is 0 Å². The van der Waals surface area contributed by atoms with Gasteiger partial charge in [0.15, 0.2) is 0 Å². The second kappa shape index (κ2) is 4.70. The number of rotatable bonds is 3. The smallest absolute Gasteiger partial charge is 0.0352 e. The molecule has 1 atom stereocenters. The SMILES string of the molecule is NCC(N)C=Cc1ccccc1. The van der Waals surface area contributed by atoms with E-state index in [9.17, 15) is 0 Å². The van der Waals surface area contributed by atoms with Crippen molar-refractivity contribution >= 4 is 6.08 Å². The highest BCUT2D eigenvalue weighted by Gasteiger charge is 1.90. The van der Waals surface area contributed by atoms with E-state index in [1.807, 2.05) is 42.5 Å². The Hall–Kier alpha value is -1.12. The summed E-state index contributed by atoms with van der Waals surface area (Å²) in [5.74, 6) is 0. The summed E-state index contributed by atoms with van der Waals surface area (Å²) in [6, 6.07) is 9.99. The third-order valence-electron chi connectivity index (χ3n) is 1.61. The van der Waals surface area contributed by atoms with Gasteiger partial charge in [-0.3, -0.25) is 0 Å². The van der Waals surface area contributed by atoms with Gasteiger partial charge in [-0.2, -0.15) is 0 Å². The molecule has 1 unspecified atom stereocenters. The Morgan fingerprint density at radius 3 is 2.50 bits per heavy atom. The lowest BCUT2D eigenvalue weighted by Crippen LogP contribution is -2.26. The first-order chi connectivity index (χ1) is 5.83. The molecule has 2 nitrogen and oxygen atoms in total. The van der Waals surface area contributed by atoms with Gasteiger partial charge in [-0.25, -0.2) is 0 Å². The molecule has 0 saturated heterocycles. The van der Waals surface area contributed by atoms with Gasteiger partial charge in [-0.1, -0.05) is 42.5 Å². The molecule has 0 aromatic heterocycles. The molecule has 0 bridgehead atoms. The lowest BCUT2D eigenvalue weighted by atomic mass is 10.2. The van der Waals surface area contributed by atoms with E-state index >= 15 is 0 Å². The van der Waals surface area contributed by atoms with Crippen LogP contribution in [0.2, 0.25) is 0 Å². The average molecular weight is 162 g/mol. The molecule has 0 aliphatic carbocycles. The molecular weight excluding hydrogens is 148 g/mol. The zero-order chi connectivity index (χ0) is 8.81. The molecule has 0 aliphatic rings. The maximum atomic E-state index is 5.61. The van der Waals surface area contributed by atoms with Crippen LogP contribution in [0.1, 0.15) is 5.56 Å². The summed E-state index contributed by atoms with van der Waals surface area (Å²) >= 11 is 0. The Morgan fingerprint density at radius 2 is 1.92 bits per heavy atom. The fraction of sp³-hybridized carbons (Fsp3) is 0.200. The highest BCUT2D eigenvalue weighted by Crippen LogP contribution is 2.00. The van der Waals surface area contributed by atoms with Crippen molar-refractivity contribution in [2.75, 3.05) is 6.54 Å². The maximum Gasteiger partial charge on any atom is 0.0352 e. The molecule has 12 heavy (non-hydrogen) atoms. The molecule has 0 heterocycles. The van der Waals surface area contributed by atoms with Crippen molar-refractivity contribution < 1.29 is 0 Å². The van der Waals surface area contributed by atoms with Crippen LogP contribution >= 0.6 is 0 Å². The van der Waals surface area contributed by atoms with E-state index in [-0.39, 0.29) is 6.04 Å². The molecule has 4 N–H and O–H groups in total. The van der Waals surface area contributed by atoms with Crippen molar-refractivity contribution in [1.82, 2.24) is 0 Å². The predicted molar refractivity (Wildman–Crippen MR) is 52.5 cm³/mol. The summed E-state index contributed by atoms with van der Waals surface area (Å²) in [6.07, 6.45) is 3.90. The third-order valence-corrected chi connectivity index (χ3v) is 1.61. The molecule has 0 saturated carbocycles. The van der Waals surface area contributed by atoms with Crippen LogP contribution < -0.4 is 11.5 Å². The van der Waals surface area contributed by atoms with Gasteiger partial charge in [0, 0.05) is 12.6 Å². The van der Waals surface area contributed by atoms with Crippen LogP contribution in [0.15, 0.2) is 36.4 Å². The Morgan fingerprint density at radius 1 is 1.25 bits per heavy atom. The van der Waals surface area contributed by atoms with Crippen LogP contribution in [-0.4, -0.2) is 12.6 Å². The van der Waals surface area contributed by atoms with E-state index in [0.717, 1.165) is 5.56 Å². The van der Waals surface area contributed by atoms with E-state index in [1.165, 1.54) is 0 Å².